The number of carboxylic acids is 1. The van der Waals surface area contributed by atoms with Crippen LogP contribution < -0.4 is 14.2 Å². The van der Waals surface area contributed by atoms with Crippen molar-refractivity contribution in [3.05, 3.63) is 53.6 Å². The van der Waals surface area contributed by atoms with Crippen LogP contribution in [0.1, 0.15) is 42.9 Å². The zero-order chi connectivity index (χ0) is 22.4. The van der Waals surface area contributed by atoms with E-state index in [0.29, 0.717) is 23.6 Å². The molecule has 0 saturated carbocycles. The zero-order valence-corrected chi connectivity index (χ0v) is 17.8. The summed E-state index contributed by atoms with van der Waals surface area (Å²) in [6.45, 7) is 0. The van der Waals surface area contributed by atoms with Gasteiger partial charge in [0.05, 0.1) is 33.1 Å². The Morgan fingerprint density at radius 1 is 1.00 bits per heavy atom. The van der Waals surface area contributed by atoms with E-state index in [9.17, 15) is 9.59 Å². The smallest absolute Gasteiger partial charge is 0.303 e. The Balaban J connectivity index is 1.94. The van der Waals surface area contributed by atoms with Gasteiger partial charge in [-0.25, -0.2) is 5.01 Å². The van der Waals surface area contributed by atoms with Gasteiger partial charge in [0.25, 0.3) is 0 Å². The normalized spacial score (nSPS) is 15.4. The van der Waals surface area contributed by atoms with Gasteiger partial charge >= 0.3 is 5.97 Å². The number of amides is 1. The number of aliphatic carboxylic acids is 1. The van der Waals surface area contributed by atoms with Crippen molar-refractivity contribution in [2.75, 3.05) is 21.3 Å². The summed E-state index contributed by atoms with van der Waals surface area (Å²) < 4.78 is 16.1. The largest absolute Gasteiger partial charge is 0.497 e. The van der Waals surface area contributed by atoms with E-state index in [2.05, 4.69) is 5.10 Å². The lowest BCUT2D eigenvalue weighted by atomic mass is 9.97. The molecule has 1 heterocycles. The average molecular weight is 426 g/mol. The van der Waals surface area contributed by atoms with Crippen LogP contribution in [-0.4, -0.2) is 49.0 Å². The molecule has 8 nitrogen and oxygen atoms in total. The van der Waals surface area contributed by atoms with Gasteiger partial charge in [0, 0.05) is 24.8 Å². The van der Waals surface area contributed by atoms with E-state index in [4.69, 9.17) is 19.3 Å². The SMILES string of the molecule is COc1ccc(C2CC(c3cc(OC)ccc3OC)=NN2C(=O)CCCC(=O)O)cc1. The Morgan fingerprint density at radius 2 is 1.68 bits per heavy atom. The van der Waals surface area contributed by atoms with Gasteiger partial charge in [-0.15, -0.1) is 0 Å². The molecule has 8 heteroatoms. The molecule has 0 radical (unpaired) electrons. The first kappa shape index (κ1) is 22.1. The number of rotatable bonds is 9. The van der Waals surface area contributed by atoms with Gasteiger partial charge in [-0.05, 0) is 42.3 Å². The Hall–Kier alpha value is -3.55. The molecule has 164 valence electrons. The minimum Gasteiger partial charge on any atom is -0.497 e. The molecule has 1 unspecified atom stereocenters. The molecule has 0 spiro atoms. The first-order chi connectivity index (χ1) is 15.0. The zero-order valence-electron chi connectivity index (χ0n) is 17.8. The molecule has 1 amide bonds. The maximum absolute atomic E-state index is 12.9. The maximum atomic E-state index is 12.9. The van der Waals surface area contributed by atoms with Gasteiger partial charge in [-0.1, -0.05) is 12.1 Å². The molecular weight excluding hydrogens is 400 g/mol. The van der Waals surface area contributed by atoms with Gasteiger partial charge in [-0.3, -0.25) is 9.59 Å². The molecule has 0 fully saturated rings. The van der Waals surface area contributed by atoms with Crippen molar-refractivity contribution in [2.45, 2.75) is 31.7 Å². The number of hydrazone groups is 1. The summed E-state index contributed by atoms with van der Waals surface area (Å²) in [4.78, 5) is 23.8. The summed E-state index contributed by atoms with van der Waals surface area (Å²) in [6.07, 6.45) is 0.784. The molecule has 0 aliphatic carbocycles. The van der Waals surface area contributed by atoms with Gasteiger partial charge in [0.15, 0.2) is 0 Å². The van der Waals surface area contributed by atoms with E-state index in [1.807, 2.05) is 30.3 Å². The highest BCUT2D eigenvalue weighted by Gasteiger charge is 2.34. The van der Waals surface area contributed by atoms with Crippen LogP contribution in [0.2, 0.25) is 0 Å². The van der Waals surface area contributed by atoms with Crippen molar-refractivity contribution in [3.63, 3.8) is 0 Å². The highest BCUT2D eigenvalue weighted by Crippen LogP contribution is 2.37. The predicted molar refractivity (Wildman–Crippen MR) is 115 cm³/mol. The topological polar surface area (TPSA) is 97.7 Å². The van der Waals surface area contributed by atoms with E-state index >= 15 is 0 Å². The highest BCUT2D eigenvalue weighted by molar-refractivity contribution is 6.05. The standard InChI is InChI=1S/C23H26N2O6/c1-29-16-9-7-15(8-10-16)20-14-19(18-13-17(30-2)11-12-21(18)31-3)24-25(20)22(26)5-4-6-23(27)28/h7-13,20H,4-6,14H2,1-3H3,(H,27,28). The molecule has 1 N–H and O–H groups in total. The third kappa shape index (κ3) is 5.14. The first-order valence-electron chi connectivity index (χ1n) is 9.94. The highest BCUT2D eigenvalue weighted by atomic mass is 16.5. The van der Waals surface area contributed by atoms with Gasteiger partial charge in [-0.2, -0.15) is 5.10 Å². The Kier molecular flexibility index (Phi) is 7.12. The predicted octanol–water partition coefficient (Wildman–Crippen LogP) is 3.65. The minimum atomic E-state index is -0.925. The first-order valence-corrected chi connectivity index (χ1v) is 9.94. The van der Waals surface area contributed by atoms with Gasteiger partial charge < -0.3 is 19.3 Å². The number of hydrogen-bond donors (Lipinski definition) is 1. The van der Waals surface area contributed by atoms with Crippen LogP contribution in [0.15, 0.2) is 47.6 Å². The maximum Gasteiger partial charge on any atom is 0.303 e. The molecular formula is C23H26N2O6. The summed E-state index contributed by atoms with van der Waals surface area (Å²) >= 11 is 0. The lowest BCUT2D eigenvalue weighted by Crippen LogP contribution is -2.27. The number of ether oxygens (including phenoxy) is 3. The lowest BCUT2D eigenvalue weighted by molar-refractivity contribution is -0.137. The Morgan fingerprint density at radius 3 is 2.29 bits per heavy atom. The van der Waals surface area contributed by atoms with Gasteiger partial charge in [0.1, 0.15) is 17.2 Å². The van der Waals surface area contributed by atoms with E-state index in [0.717, 1.165) is 16.9 Å². The second-order valence-electron chi connectivity index (χ2n) is 7.09. The molecule has 31 heavy (non-hydrogen) atoms. The summed E-state index contributed by atoms with van der Waals surface area (Å²) in [5, 5.41) is 15.0. The molecule has 3 rings (SSSR count). The van der Waals surface area contributed by atoms with E-state index in [1.165, 1.54) is 5.01 Å². The fourth-order valence-corrected chi connectivity index (χ4v) is 3.53. The summed E-state index contributed by atoms with van der Waals surface area (Å²) in [5.74, 6) is 0.862. The van der Waals surface area contributed by atoms with Crippen molar-refractivity contribution < 1.29 is 28.9 Å². The molecule has 0 aromatic heterocycles. The average Bonchev–Trinajstić information content (AvgIpc) is 3.23. The fraction of sp³-hybridized carbons (Fsp3) is 0.348. The van der Waals surface area contributed by atoms with Crippen LogP contribution in [0.25, 0.3) is 0 Å². The van der Waals surface area contributed by atoms with Gasteiger partial charge in [0.2, 0.25) is 5.91 Å². The van der Waals surface area contributed by atoms with Crippen LogP contribution in [0.5, 0.6) is 17.2 Å². The molecule has 0 saturated heterocycles. The van der Waals surface area contributed by atoms with Crippen molar-refractivity contribution in [1.82, 2.24) is 5.01 Å². The monoisotopic (exact) mass is 426 g/mol. The second kappa shape index (κ2) is 9.97. The van der Waals surface area contributed by atoms with Crippen molar-refractivity contribution in [1.29, 1.82) is 0 Å². The number of carbonyl (C=O) groups excluding carboxylic acids is 1. The lowest BCUT2D eigenvalue weighted by Gasteiger charge is -2.22. The Labute approximate surface area is 181 Å². The van der Waals surface area contributed by atoms with E-state index < -0.39 is 5.97 Å². The molecule has 2 aromatic rings. The molecule has 2 aromatic carbocycles. The molecule has 1 aliphatic heterocycles. The summed E-state index contributed by atoms with van der Waals surface area (Å²) in [5.41, 5.74) is 2.36. The van der Waals surface area contributed by atoms with Crippen molar-refractivity contribution in [3.8, 4) is 17.2 Å². The van der Waals surface area contributed by atoms with E-state index in [1.54, 1.807) is 33.5 Å². The number of carbonyl (C=O) groups is 2. The Bertz CT molecular complexity index is 971. The number of benzene rings is 2. The molecule has 1 atom stereocenters. The van der Waals surface area contributed by atoms with Crippen LogP contribution in [0.3, 0.4) is 0 Å². The van der Waals surface area contributed by atoms with E-state index in [-0.39, 0.29) is 31.2 Å². The third-order valence-electron chi connectivity index (χ3n) is 5.17. The van der Waals surface area contributed by atoms with Crippen molar-refractivity contribution in [2.24, 2.45) is 5.10 Å². The number of hydrogen-bond acceptors (Lipinski definition) is 6. The summed E-state index contributed by atoms with van der Waals surface area (Å²) in [6, 6.07) is 12.6. The molecule has 0 bridgehead atoms. The minimum absolute atomic E-state index is 0.0624. The van der Waals surface area contributed by atoms with Crippen LogP contribution in [-0.2, 0) is 9.59 Å². The summed E-state index contributed by atoms with van der Waals surface area (Å²) in [7, 11) is 4.76. The van der Waals surface area contributed by atoms with Crippen LogP contribution in [0.4, 0.5) is 0 Å². The van der Waals surface area contributed by atoms with Crippen molar-refractivity contribution >= 4 is 17.6 Å². The molecule has 1 aliphatic rings. The third-order valence-corrected chi connectivity index (χ3v) is 5.17. The quantitative estimate of drug-likeness (QED) is 0.657. The number of methoxy groups -OCH3 is 3. The van der Waals surface area contributed by atoms with Crippen LogP contribution in [0, 0.1) is 0 Å². The van der Waals surface area contributed by atoms with Crippen LogP contribution >= 0.6 is 0 Å². The number of carboxylic acid groups (broad SMARTS) is 1. The number of nitrogens with zero attached hydrogens (tertiary/aromatic N) is 2. The fourth-order valence-electron chi connectivity index (χ4n) is 3.53. The second-order valence-corrected chi connectivity index (χ2v) is 7.09.